The summed E-state index contributed by atoms with van der Waals surface area (Å²) in [6.07, 6.45) is 5.02. The first kappa shape index (κ1) is 19.2. The van der Waals surface area contributed by atoms with E-state index in [1.165, 1.54) is 12.8 Å². The van der Waals surface area contributed by atoms with Crippen molar-refractivity contribution in [1.29, 1.82) is 0 Å². The molecule has 1 unspecified atom stereocenters. The normalized spacial score (nSPS) is 20.3. The van der Waals surface area contributed by atoms with Gasteiger partial charge in [0.05, 0.1) is 5.54 Å². The molecule has 3 N–H and O–H groups in total. The maximum atomic E-state index is 12.1. The molecule has 1 atom stereocenters. The quantitative estimate of drug-likeness (QED) is 0.705. The third-order valence-corrected chi connectivity index (χ3v) is 4.42. The molecule has 130 valence electrons. The molecule has 22 heavy (non-hydrogen) atoms. The largest absolute Gasteiger partial charge is 0.444 e. The van der Waals surface area contributed by atoms with Gasteiger partial charge in [-0.15, -0.1) is 0 Å². The predicted molar refractivity (Wildman–Crippen MR) is 91.2 cm³/mol. The second-order valence-corrected chi connectivity index (χ2v) is 7.37. The Bertz CT molecular complexity index is 327. The molecule has 0 bridgehead atoms. The van der Waals surface area contributed by atoms with E-state index in [9.17, 15) is 4.79 Å². The molecule has 0 radical (unpaired) electrons. The highest BCUT2D eigenvalue weighted by atomic mass is 16.6. The lowest BCUT2D eigenvalue weighted by Gasteiger charge is -2.35. The van der Waals surface area contributed by atoms with Crippen LogP contribution in [0.1, 0.15) is 66.7 Å². The smallest absolute Gasteiger partial charge is 0.408 e. The monoisotopic (exact) mass is 313 g/mol. The Morgan fingerprint density at radius 3 is 2.45 bits per heavy atom. The molecule has 0 spiro atoms. The zero-order valence-electron chi connectivity index (χ0n) is 15.1. The van der Waals surface area contributed by atoms with Gasteiger partial charge in [0, 0.05) is 12.6 Å². The summed E-state index contributed by atoms with van der Waals surface area (Å²) >= 11 is 0. The topological polar surface area (TPSA) is 62.4 Å². The van der Waals surface area contributed by atoms with E-state index in [2.05, 4.69) is 29.8 Å². The van der Waals surface area contributed by atoms with Gasteiger partial charge in [-0.1, -0.05) is 13.8 Å². The van der Waals surface area contributed by atoms with E-state index in [0.29, 0.717) is 6.04 Å². The average Bonchev–Trinajstić information content (AvgIpc) is 2.70. The fourth-order valence-electron chi connectivity index (χ4n) is 2.80. The second kappa shape index (κ2) is 8.73. The molecule has 5 heteroatoms. The fourth-order valence-corrected chi connectivity index (χ4v) is 2.80. The molecular weight excluding hydrogens is 278 g/mol. The van der Waals surface area contributed by atoms with Crippen LogP contribution in [-0.4, -0.2) is 42.9 Å². The summed E-state index contributed by atoms with van der Waals surface area (Å²) in [5.74, 6) is 0. The zero-order valence-corrected chi connectivity index (χ0v) is 15.1. The van der Waals surface area contributed by atoms with Gasteiger partial charge in [-0.05, 0) is 66.0 Å². The van der Waals surface area contributed by atoms with Crippen molar-refractivity contribution >= 4 is 6.09 Å². The van der Waals surface area contributed by atoms with Crippen molar-refractivity contribution < 1.29 is 9.53 Å². The Morgan fingerprint density at radius 2 is 1.86 bits per heavy atom. The Labute approximate surface area is 135 Å². The van der Waals surface area contributed by atoms with Crippen LogP contribution in [0.4, 0.5) is 4.79 Å². The Hall–Kier alpha value is -0.810. The highest BCUT2D eigenvalue weighted by Crippen LogP contribution is 2.17. The number of carbonyl (C=O) groups excluding carboxylic acids is 1. The number of hydrogen-bond acceptors (Lipinski definition) is 4. The van der Waals surface area contributed by atoms with Gasteiger partial charge in [0.1, 0.15) is 5.60 Å². The van der Waals surface area contributed by atoms with Crippen molar-refractivity contribution in [3.63, 3.8) is 0 Å². The lowest BCUT2D eigenvalue weighted by molar-refractivity contribution is 0.0443. The van der Waals surface area contributed by atoms with Gasteiger partial charge in [0.15, 0.2) is 0 Å². The summed E-state index contributed by atoms with van der Waals surface area (Å²) in [5, 5.41) is 10.2. The summed E-state index contributed by atoms with van der Waals surface area (Å²) in [7, 11) is 0. The number of ether oxygens (including phenoxy) is 1. The first-order valence-corrected chi connectivity index (χ1v) is 8.75. The molecular formula is C17H35N3O2. The van der Waals surface area contributed by atoms with E-state index >= 15 is 0 Å². The van der Waals surface area contributed by atoms with Crippen molar-refractivity contribution in [1.82, 2.24) is 16.0 Å². The summed E-state index contributed by atoms with van der Waals surface area (Å²) < 4.78 is 5.42. The first-order chi connectivity index (χ1) is 10.3. The lowest BCUT2D eigenvalue weighted by atomic mass is 9.92. The van der Waals surface area contributed by atoms with Crippen molar-refractivity contribution in [3.05, 3.63) is 0 Å². The van der Waals surface area contributed by atoms with Crippen LogP contribution in [0.3, 0.4) is 0 Å². The van der Waals surface area contributed by atoms with Crippen LogP contribution >= 0.6 is 0 Å². The molecule has 0 saturated carbocycles. The highest BCUT2D eigenvalue weighted by molar-refractivity contribution is 5.68. The highest BCUT2D eigenvalue weighted by Gasteiger charge is 2.31. The number of rotatable bonds is 6. The SMILES string of the molecule is CCC(CC)(CNC1CCCNCC1)NC(=O)OC(C)(C)C. The second-order valence-electron chi connectivity index (χ2n) is 7.37. The van der Waals surface area contributed by atoms with Crippen LogP contribution in [0.2, 0.25) is 0 Å². The molecule has 1 aliphatic rings. The third kappa shape index (κ3) is 6.97. The molecule has 0 aromatic carbocycles. The molecule has 0 aromatic rings. The fraction of sp³-hybridized carbons (Fsp3) is 0.941. The molecule has 5 nitrogen and oxygen atoms in total. The Morgan fingerprint density at radius 1 is 1.18 bits per heavy atom. The molecule has 1 amide bonds. The summed E-state index contributed by atoms with van der Waals surface area (Å²) in [4.78, 5) is 12.1. The van der Waals surface area contributed by atoms with Crippen LogP contribution < -0.4 is 16.0 Å². The molecule has 1 aliphatic heterocycles. The molecule has 1 fully saturated rings. The van der Waals surface area contributed by atoms with Gasteiger partial charge in [-0.25, -0.2) is 4.79 Å². The van der Waals surface area contributed by atoms with E-state index < -0.39 is 5.60 Å². The maximum absolute atomic E-state index is 12.1. The summed E-state index contributed by atoms with van der Waals surface area (Å²) in [5.41, 5.74) is -0.695. The lowest BCUT2D eigenvalue weighted by Crippen LogP contribution is -2.56. The number of nitrogens with one attached hydrogen (secondary N) is 3. The van der Waals surface area contributed by atoms with Crippen LogP contribution in [0.5, 0.6) is 0 Å². The van der Waals surface area contributed by atoms with Crippen molar-refractivity contribution in [3.8, 4) is 0 Å². The molecule has 0 aliphatic carbocycles. The summed E-state index contributed by atoms with van der Waals surface area (Å²) in [6, 6.07) is 0.535. The Kier molecular flexibility index (Phi) is 7.63. The van der Waals surface area contributed by atoms with Gasteiger partial charge in [0.25, 0.3) is 0 Å². The van der Waals surface area contributed by atoms with Crippen LogP contribution in [0.15, 0.2) is 0 Å². The minimum absolute atomic E-state index is 0.234. The van der Waals surface area contributed by atoms with Gasteiger partial charge in [0.2, 0.25) is 0 Å². The molecule has 0 aromatic heterocycles. The van der Waals surface area contributed by atoms with Gasteiger partial charge in [-0.3, -0.25) is 0 Å². The van der Waals surface area contributed by atoms with Crippen molar-refractivity contribution in [2.45, 2.75) is 83.9 Å². The number of alkyl carbamates (subject to hydrolysis) is 1. The predicted octanol–water partition coefficient (Wildman–Crippen LogP) is 2.80. The molecule has 1 heterocycles. The minimum atomic E-state index is -0.461. The average molecular weight is 313 g/mol. The van der Waals surface area contributed by atoms with Crippen molar-refractivity contribution in [2.75, 3.05) is 19.6 Å². The molecule has 1 rings (SSSR count). The number of hydrogen-bond donors (Lipinski definition) is 3. The van der Waals surface area contributed by atoms with Crippen LogP contribution in [0, 0.1) is 0 Å². The minimum Gasteiger partial charge on any atom is -0.444 e. The summed E-state index contributed by atoms with van der Waals surface area (Å²) in [6.45, 7) is 12.9. The van der Waals surface area contributed by atoms with Gasteiger partial charge < -0.3 is 20.7 Å². The standard InChI is InChI=1S/C17H35N3O2/c1-6-17(7-2,20-15(21)22-16(3,4)5)13-19-14-9-8-11-18-12-10-14/h14,18-19H,6-13H2,1-5H3,(H,20,21). The van der Waals surface area contributed by atoms with Crippen molar-refractivity contribution in [2.24, 2.45) is 0 Å². The van der Waals surface area contributed by atoms with Crippen LogP contribution in [0.25, 0.3) is 0 Å². The van der Waals surface area contributed by atoms with Gasteiger partial charge >= 0.3 is 6.09 Å². The maximum Gasteiger partial charge on any atom is 0.408 e. The Balaban J connectivity index is 2.55. The van der Waals surface area contributed by atoms with E-state index in [0.717, 1.165) is 38.9 Å². The first-order valence-electron chi connectivity index (χ1n) is 8.75. The molecule has 1 saturated heterocycles. The van der Waals surface area contributed by atoms with E-state index in [1.807, 2.05) is 20.8 Å². The van der Waals surface area contributed by atoms with E-state index in [4.69, 9.17) is 4.74 Å². The van der Waals surface area contributed by atoms with Crippen LogP contribution in [-0.2, 0) is 4.74 Å². The number of carbonyl (C=O) groups is 1. The van der Waals surface area contributed by atoms with Gasteiger partial charge in [-0.2, -0.15) is 0 Å². The third-order valence-electron chi connectivity index (χ3n) is 4.42. The van der Waals surface area contributed by atoms with E-state index in [1.54, 1.807) is 0 Å². The van der Waals surface area contributed by atoms with E-state index in [-0.39, 0.29) is 11.6 Å². The number of amides is 1. The zero-order chi connectivity index (χ0) is 16.6.